The number of hydrogen-bond donors (Lipinski definition) is 0. The van der Waals surface area contributed by atoms with Crippen LogP contribution in [-0.4, -0.2) is 19.5 Å². The van der Waals surface area contributed by atoms with E-state index in [1.807, 2.05) is 12.4 Å². The fourth-order valence-corrected chi connectivity index (χ4v) is 1.51. The molecular weight excluding hydrogens is 112 g/mol. The molecule has 0 aromatic heterocycles. The maximum atomic E-state index is 10.5. The van der Waals surface area contributed by atoms with Gasteiger partial charge in [0.2, 0.25) is 11.2 Å². The Kier molecular flexibility index (Phi) is 0.418. The maximum absolute atomic E-state index is 10.5. The zero-order valence-corrected chi connectivity index (χ0v) is 4.39. The first-order valence-electron chi connectivity index (χ1n) is 2.01. The Hall–Kier alpha value is -0.510. The SMILES string of the molecule is O=S1N2C=CN1C2. The van der Waals surface area contributed by atoms with Crippen LogP contribution < -0.4 is 0 Å². The summed E-state index contributed by atoms with van der Waals surface area (Å²) < 4.78 is 14.1. The van der Waals surface area contributed by atoms with Crippen molar-refractivity contribution in [2.75, 3.05) is 6.67 Å². The lowest BCUT2D eigenvalue weighted by Gasteiger charge is -2.29. The molecule has 0 atom stereocenters. The lowest BCUT2D eigenvalue weighted by Crippen LogP contribution is -2.43. The molecule has 0 saturated carbocycles. The van der Waals surface area contributed by atoms with Crippen LogP contribution in [0, 0.1) is 0 Å². The van der Waals surface area contributed by atoms with Crippen molar-refractivity contribution in [1.82, 2.24) is 8.61 Å². The van der Waals surface area contributed by atoms with Gasteiger partial charge in [-0.1, -0.05) is 0 Å². The molecule has 0 unspecified atom stereocenters. The Labute approximate surface area is 43.9 Å². The zero-order valence-electron chi connectivity index (χ0n) is 3.57. The summed E-state index contributed by atoms with van der Waals surface area (Å²) in [5.74, 6) is 0. The van der Waals surface area contributed by atoms with E-state index >= 15 is 0 Å². The van der Waals surface area contributed by atoms with Crippen molar-refractivity contribution in [2.24, 2.45) is 0 Å². The van der Waals surface area contributed by atoms with E-state index in [1.165, 1.54) is 0 Å². The van der Waals surface area contributed by atoms with Crippen LogP contribution in [0.2, 0.25) is 0 Å². The van der Waals surface area contributed by atoms with Crippen LogP contribution in [0.25, 0.3) is 0 Å². The molecular formula is C3H4N2OS. The van der Waals surface area contributed by atoms with Gasteiger partial charge in [0.25, 0.3) is 0 Å². The summed E-state index contributed by atoms with van der Waals surface area (Å²) >= 11 is -0.815. The molecule has 0 aromatic carbocycles. The number of nitrogens with zero attached hydrogens (tertiary/aromatic N) is 2. The second-order valence-corrected chi connectivity index (χ2v) is 2.90. The highest BCUT2D eigenvalue weighted by molar-refractivity contribution is 7.81. The summed E-state index contributed by atoms with van der Waals surface area (Å²) in [7, 11) is 0. The molecule has 0 radical (unpaired) electrons. The molecule has 0 aromatic rings. The summed E-state index contributed by atoms with van der Waals surface area (Å²) in [5, 5.41) is 0. The van der Waals surface area contributed by atoms with Crippen LogP contribution in [0.3, 0.4) is 0 Å². The summed E-state index contributed by atoms with van der Waals surface area (Å²) in [6.07, 6.45) is 3.66. The van der Waals surface area contributed by atoms with Crippen LogP contribution in [0.5, 0.6) is 0 Å². The molecule has 7 heavy (non-hydrogen) atoms. The van der Waals surface area contributed by atoms with Gasteiger partial charge in [-0.2, -0.15) is 0 Å². The first-order valence-corrected chi connectivity index (χ1v) is 3.08. The second kappa shape index (κ2) is 0.838. The third-order valence-corrected chi connectivity index (χ3v) is 2.36. The minimum absolute atomic E-state index is 0.815. The van der Waals surface area contributed by atoms with Crippen molar-refractivity contribution in [2.45, 2.75) is 0 Å². The van der Waals surface area contributed by atoms with Gasteiger partial charge in [0.15, 0.2) is 0 Å². The van der Waals surface area contributed by atoms with Crippen molar-refractivity contribution in [3.8, 4) is 0 Å². The topological polar surface area (TPSA) is 23.6 Å². The van der Waals surface area contributed by atoms with Crippen molar-refractivity contribution in [3.05, 3.63) is 12.4 Å². The molecule has 0 aliphatic carbocycles. The molecule has 1 fully saturated rings. The Morgan fingerprint density at radius 3 is 2.14 bits per heavy atom. The van der Waals surface area contributed by atoms with Crippen LogP contribution in [0.4, 0.5) is 0 Å². The van der Waals surface area contributed by atoms with Crippen molar-refractivity contribution in [3.63, 3.8) is 0 Å². The Balaban J connectivity index is 2.40. The van der Waals surface area contributed by atoms with Crippen molar-refractivity contribution < 1.29 is 4.21 Å². The van der Waals surface area contributed by atoms with E-state index in [9.17, 15) is 4.21 Å². The molecule has 2 bridgehead atoms. The van der Waals surface area contributed by atoms with Gasteiger partial charge in [-0.3, -0.25) is 8.61 Å². The van der Waals surface area contributed by atoms with Gasteiger partial charge in [-0.25, -0.2) is 4.21 Å². The fourth-order valence-electron chi connectivity index (χ4n) is 0.660. The summed E-state index contributed by atoms with van der Waals surface area (Å²) in [4.78, 5) is 0. The normalized spacial score (nSPS) is 26.3. The minimum atomic E-state index is -0.815. The van der Waals surface area contributed by atoms with Gasteiger partial charge < -0.3 is 0 Å². The third-order valence-electron chi connectivity index (χ3n) is 1.08. The molecule has 3 aliphatic heterocycles. The molecule has 3 rings (SSSR count). The Morgan fingerprint density at radius 1 is 1.43 bits per heavy atom. The van der Waals surface area contributed by atoms with E-state index in [4.69, 9.17) is 0 Å². The van der Waals surface area contributed by atoms with Crippen LogP contribution >= 0.6 is 0 Å². The summed E-state index contributed by atoms with van der Waals surface area (Å²) in [6.45, 7) is 0.826. The third kappa shape index (κ3) is 0.246. The first-order chi connectivity index (χ1) is 3.38. The lowest BCUT2D eigenvalue weighted by molar-refractivity contribution is 0.385. The monoisotopic (exact) mass is 116 g/mol. The van der Waals surface area contributed by atoms with Gasteiger partial charge in [0.1, 0.15) is 6.67 Å². The molecule has 0 amide bonds. The second-order valence-electron chi connectivity index (χ2n) is 1.50. The lowest BCUT2D eigenvalue weighted by atomic mass is 11.0. The Morgan fingerprint density at radius 2 is 2.00 bits per heavy atom. The largest absolute Gasteiger partial charge is 0.260 e. The highest BCUT2D eigenvalue weighted by atomic mass is 32.2. The van der Waals surface area contributed by atoms with Crippen LogP contribution in [0.1, 0.15) is 0 Å². The van der Waals surface area contributed by atoms with Crippen molar-refractivity contribution >= 4 is 11.2 Å². The average molecular weight is 116 g/mol. The molecule has 4 heteroatoms. The molecule has 3 heterocycles. The van der Waals surface area contributed by atoms with E-state index < -0.39 is 11.2 Å². The zero-order chi connectivity index (χ0) is 4.85. The fraction of sp³-hybridized carbons (Fsp3) is 0.333. The van der Waals surface area contributed by atoms with E-state index in [1.54, 1.807) is 8.61 Å². The average Bonchev–Trinajstić information content (AvgIpc) is 2.18. The minimum Gasteiger partial charge on any atom is -0.260 e. The first kappa shape index (κ1) is 3.49. The molecule has 3 aliphatic rings. The van der Waals surface area contributed by atoms with Gasteiger partial charge >= 0.3 is 0 Å². The van der Waals surface area contributed by atoms with Crippen LogP contribution in [0.15, 0.2) is 12.4 Å². The Bertz CT molecular complexity index is 141. The van der Waals surface area contributed by atoms with E-state index in [0.717, 1.165) is 6.67 Å². The quantitative estimate of drug-likeness (QED) is 0.423. The van der Waals surface area contributed by atoms with E-state index in [0.29, 0.717) is 0 Å². The standard InChI is InChI=1S/C3H4N2OS/c6-7-4-1-2-5(7)3-4/h1-2H,3H2. The highest BCUT2D eigenvalue weighted by Crippen LogP contribution is 2.23. The van der Waals surface area contributed by atoms with Gasteiger partial charge in [-0.05, 0) is 0 Å². The highest BCUT2D eigenvalue weighted by Gasteiger charge is 2.33. The molecule has 3 nitrogen and oxygen atoms in total. The number of hydrogen-bond acceptors (Lipinski definition) is 1. The maximum Gasteiger partial charge on any atom is 0.227 e. The van der Waals surface area contributed by atoms with E-state index in [2.05, 4.69) is 0 Å². The van der Waals surface area contributed by atoms with Crippen molar-refractivity contribution in [1.29, 1.82) is 0 Å². The summed E-state index contributed by atoms with van der Waals surface area (Å²) in [6, 6.07) is 0. The van der Waals surface area contributed by atoms with E-state index in [-0.39, 0.29) is 0 Å². The molecule has 0 N–H and O–H groups in total. The molecule has 0 spiro atoms. The molecule has 1 saturated heterocycles. The van der Waals surface area contributed by atoms with Gasteiger partial charge in [0.05, 0.1) is 0 Å². The predicted molar refractivity (Wildman–Crippen MR) is 25.8 cm³/mol. The number of rotatable bonds is 0. The smallest absolute Gasteiger partial charge is 0.227 e. The van der Waals surface area contributed by atoms with Crippen LogP contribution in [-0.2, 0) is 11.2 Å². The predicted octanol–water partition coefficient (Wildman–Crippen LogP) is -0.375. The molecule has 38 valence electrons. The van der Waals surface area contributed by atoms with Gasteiger partial charge in [-0.15, -0.1) is 0 Å². The summed E-state index contributed by atoms with van der Waals surface area (Å²) in [5.41, 5.74) is 0. The van der Waals surface area contributed by atoms with Gasteiger partial charge in [0, 0.05) is 12.4 Å².